The molecule has 0 N–H and O–H groups in total. The van der Waals surface area contributed by atoms with Gasteiger partial charge in [0.1, 0.15) is 0 Å². The first-order valence-corrected chi connectivity index (χ1v) is 10.2. The molecule has 0 atom stereocenters. The van der Waals surface area contributed by atoms with Crippen LogP contribution >= 0.6 is 11.6 Å². The van der Waals surface area contributed by atoms with Crippen LogP contribution in [0, 0.1) is 10.1 Å². The molecular weight excluding hydrogens is 416 g/mol. The summed E-state index contributed by atoms with van der Waals surface area (Å²) in [5, 5.41) is 11.3. The van der Waals surface area contributed by atoms with Crippen LogP contribution in [-0.2, 0) is 11.3 Å². The first-order chi connectivity index (χ1) is 14.3. The van der Waals surface area contributed by atoms with Gasteiger partial charge in [0.05, 0.1) is 27.5 Å². The molecule has 1 fully saturated rings. The van der Waals surface area contributed by atoms with Gasteiger partial charge in [0.25, 0.3) is 11.2 Å². The van der Waals surface area contributed by atoms with Crippen LogP contribution in [-0.4, -0.2) is 44.7 Å². The predicted molar refractivity (Wildman–Crippen MR) is 111 cm³/mol. The molecule has 2 aromatic rings. The molecule has 0 spiro atoms. The van der Waals surface area contributed by atoms with E-state index in [9.17, 15) is 24.5 Å². The number of halogens is 1. The highest BCUT2D eigenvalue weighted by Gasteiger charge is 2.28. The van der Waals surface area contributed by atoms with E-state index < -0.39 is 28.3 Å². The number of nitro groups is 1. The number of carbonyl (C=O) groups is 1. The van der Waals surface area contributed by atoms with E-state index in [4.69, 9.17) is 16.3 Å². The van der Waals surface area contributed by atoms with Crippen LogP contribution in [0.4, 0.5) is 10.5 Å². The molecule has 1 saturated heterocycles. The number of hydrogen-bond acceptors (Lipinski definition) is 6. The Bertz CT molecular complexity index is 1100. The minimum atomic E-state index is -0.623. The number of rotatable bonds is 5. The summed E-state index contributed by atoms with van der Waals surface area (Å²) in [5.74, 6) is 0. The quantitative estimate of drug-likeness (QED) is 0.523. The molecule has 162 valence electrons. The van der Waals surface area contributed by atoms with Gasteiger partial charge in [-0.25, -0.2) is 9.59 Å². The van der Waals surface area contributed by atoms with E-state index in [0.717, 1.165) is 10.6 Å². The van der Waals surface area contributed by atoms with Crippen molar-refractivity contribution in [1.29, 1.82) is 0 Å². The van der Waals surface area contributed by atoms with E-state index in [2.05, 4.69) is 0 Å². The van der Waals surface area contributed by atoms with E-state index in [0.29, 0.717) is 38.9 Å². The van der Waals surface area contributed by atoms with Crippen LogP contribution in [0.5, 0.6) is 0 Å². The van der Waals surface area contributed by atoms with Crippen molar-refractivity contribution >= 4 is 34.3 Å². The number of nitro benzene ring substituents is 1. The number of amides is 1. The third-order valence-electron chi connectivity index (χ3n) is 5.22. The third-order valence-corrected chi connectivity index (χ3v) is 5.51. The number of aryl methyl sites for hydroxylation is 1. The highest BCUT2D eigenvalue weighted by molar-refractivity contribution is 6.35. The lowest BCUT2D eigenvalue weighted by Crippen LogP contribution is -2.47. The minimum Gasteiger partial charge on any atom is -0.450 e. The highest BCUT2D eigenvalue weighted by atomic mass is 35.5. The van der Waals surface area contributed by atoms with Gasteiger partial charge in [0.2, 0.25) is 0 Å². The fraction of sp³-hybridized carbons (Fsp3) is 0.526. The second-order valence-corrected chi connectivity index (χ2v) is 7.51. The smallest absolute Gasteiger partial charge is 0.409 e. The molecule has 1 aliphatic heterocycles. The van der Waals surface area contributed by atoms with Crippen LogP contribution in [0.25, 0.3) is 10.9 Å². The van der Waals surface area contributed by atoms with E-state index >= 15 is 0 Å². The van der Waals surface area contributed by atoms with E-state index in [1.165, 1.54) is 10.6 Å². The molecule has 0 saturated carbocycles. The van der Waals surface area contributed by atoms with Crippen molar-refractivity contribution in [2.45, 2.75) is 45.7 Å². The maximum Gasteiger partial charge on any atom is 0.409 e. The number of benzene rings is 1. The number of non-ortho nitro benzene ring substituents is 1. The maximum atomic E-state index is 13.2. The number of hydrogen-bond donors (Lipinski definition) is 0. The van der Waals surface area contributed by atoms with Gasteiger partial charge in [-0.1, -0.05) is 18.5 Å². The number of ether oxygens (including phenoxy) is 1. The molecule has 1 aromatic carbocycles. The van der Waals surface area contributed by atoms with Crippen LogP contribution in [0.3, 0.4) is 0 Å². The monoisotopic (exact) mass is 438 g/mol. The van der Waals surface area contributed by atoms with E-state index in [1.807, 2.05) is 6.92 Å². The van der Waals surface area contributed by atoms with Crippen LogP contribution in [0.15, 0.2) is 21.7 Å². The van der Waals surface area contributed by atoms with Gasteiger partial charge in [-0.15, -0.1) is 0 Å². The summed E-state index contributed by atoms with van der Waals surface area (Å²) in [6, 6.07) is 1.89. The third kappa shape index (κ3) is 3.91. The highest BCUT2D eigenvalue weighted by Crippen LogP contribution is 2.28. The number of carbonyl (C=O) groups excluding carboxylic acids is 1. The molecule has 30 heavy (non-hydrogen) atoms. The normalized spacial score (nSPS) is 14.8. The average molecular weight is 439 g/mol. The summed E-state index contributed by atoms with van der Waals surface area (Å²) >= 11 is 6.24. The molecule has 1 aromatic heterocycles. The Kier molecular flexibility index (Phi) is 6.45. The Morgan fingerprint density at radius 2 is 1.93 bits per heavy atom. The molecule has 1 amide bonds. The van der Waals surface area contributed by atoms with Crippen molar-refractivity contribution in [3.05, 3.63) is 48.1 Å². The zero-order valence-electron chi connectivity index (χ0n) is 16.8. The molecule has 10 nitrogen and oxygen atoms in total. The number of aromatic nitrogens is 2. The van der Waals surface area contributed by atoms with Crippen molar-refractivity contribution in [2.24, 2.45) is 0 Å². The molecule has 2 heterocycles. The zero-order chi connectivity index (χ0) is 22.0. The number of likely N-dealkylation sites (tertiary alicyclic amines) is 1. The largest absolute Gasteiger partial charge is 0.450 e. The van der Waals surface area contributed by atoms with Gasteiger partial charge < -0.3 is 9.64 Å². The Labute approximate surface area is 176 Å². The van der Waals surface area contributed by atoms with Gasteiger partial charge in [-0.2, -0.15) is 0 Å². The standard InChI is InChI=1S/C19H23ClN4O6/c1-3-7-22-16-14(10-13(24(28)29)11-15(16)20)17(25)23(18(22)26)12-5-8-21(9-6-12)19(27)30-4-2/h10-12H,3-9H2,1-2H3. The van der Waals surface area contributed by atoms with Gasteiger partial charge >= 0.3 is 11.8 Å². The number of piperidine rings is 1. The number of fused-ring (bicyclic) bond motifs is 1. The summed E-state index contributed by atoms with van der Waals surface area (Å²) in [6.07, 6.45) is 0.984. The summed E-state index contributed by atoms with van der Waals surface area (Å²) in [5.41, 5.74) is -1.21. The molecule has 0 bridgehead atoms. The van der Waals surface area contributed by atoms with Gasteiger partial charge in [-0.05, 0) is 26.2 Å². The molecule has 1 aliphatic rings. The Morgan fingerprint density at radius 1 is 1.27 bits per heavy atom. The SMILES string of the molecule is CCCn1c(=O)n(C2CCN(C(=O)OCC)CC2)c(=O)c2cc([N+](=O)[O-])cc(Cl)c21. The minimum absolute atomic E-state index is 0.00821. The lowest BCUT2D eigenvalue weighted by molar-refractivity contribution is -0.384. The second-order valence-electron chi connectivity index (χ2n) is 7.11. The van der Waals surface area contributed by atoms with Crippen molar-refractivity contribution in [3.63, 3.8) is 0 Å². The van der Waals surface area contributed by atoms with Gasteiger partial charge in [-0.3, -0.25) is 24.0 Å². The van der Waals surface area contributed by atoms with Gasteiger partial charge in [0.15, 0.2) is 0 Å². The Hall–Kier alpha value is -2.88. The Balaban J connectivity index is 2.12. The van der Waals surface area contributed by atoms with Crippen molar-refractivity contribution < 1.29 is 14.5 Å². The summed E-state index contributed by atoms with van der Waals surface area (Å²) in [6.45, 7) is 4.87. The van der Waals surface area contributed by atoms with Gasteiger partial charge in [0, 0.05) is 37.8 Å². The summed E-state index contributed by atoms with van der Waals surface area (Å²) < 4.78 is 7.56. The summed E-state index contributed by atoms with van der Waals surface area (Å²) in [4.78, 5) is 50.5. The maximum absolute atomic E-state index is 13.2. The summed E-state index contributed by atoms with van der Waals surface area (Å²) in [7, 11) is 0. The van der Waals surface area contributed by atoms with E-state index in [-0.39, 0.29) is 28.2 Å². The molecule has 0 unspecified atom stereocenters. The molecule has 0 radical (unpaired) electrons. The predicted octanol–water partition coefficient (Wildman–Crippen LogP) is 2.93. The fourth-order valence-corrected chi connectivity index (χ4v) is 4.16. The first-order valence-electron chi connectivity index (χ1n) is 9.84. The van der Waals surface area contributed by atoms with Crippen molar-refractivity contribution in [2.75, 3.05) is 19.7 Å². The lowest BCUT2D eigenvalue weighted by atomic mass is 10.0. The van der Waals surface area contributed by atoms with Crippen LogP contribution in [0.1, 0.15) is 39.2 Å². The van der Waals surface area contributed by atoms with Crippen LogP contribution in [0.2, 0.25) is 5.02 Å². The Morgan fingerprint density at radius 3 is 2.50 bits per heavy atom. The zero-order valence-corrected chi connectivity index (χ0v) is 17.6. The molecular formula is C19H23ClN4O6. The number of nitrogens with zero attached hydrogens (tertiary/aromatic N) is 4. The van der Waals surface area contributed by atoms with Crippen molar-refractivity contribution in [1.82, 2.24) is 14.0 Å². The fourth-order valence-electron chi connectivity index (χ4n) is 3.84. The molecule has 11 heteroatoms. The molecule has 3 rings (SSSR count). The second kappa shape index (κ2) is 8.86. The topological polar surface area (TPSA) is 117 Å². The average Bonchev–Trinajstić information content (AvgIpc) is 2.71. The van der Waals surface area contributed by atoms with Crippen LogP contribution < -0.4 is 11.2 Å². The molecule has 0 aliphatic carbocycles. The van der Waals surface area contributed by atoms with Crippen molar-refractivity contribution in [3.8, 4) is 0 Å². The lowest BCUT2D eigenvalue weighted by Gasteiger charge is -2.32. The first kappa shape index (κ1) is 21.8. The van der Waals surface area contributed by atoms with E-state index in [1.54, 1.807) is 11.8 Å².